The Hall–Kier alpha value is -3.67. The van der Waals surface area contributed by atoms with E-state index < -0.39 is 10.7 Å². The lowest BCUT2D eigenvalue weighted by molar-refractivity contribution is -0.384. The number of aryl methyl sites for hydroxylation is 1. The van der Waals surface area contributed by atoms with Crippen molar-refractivity contribution in [1.82, 2.24) is 4.98 Å². The summed E-state index contributed by atoms with van der Waals surface area (Å²) in [5, 5.41) is 11.5. The molecule has 0 aliphatic carbocycles. The normalized spacial score (nSPS) is 10.9. The molecular weight excluding hydrogens is 347 g/mol. The molecular formula is C21H15FN2O3. The summed E-state index contributed by atoms with van der Waals surface area (Å²) in [4.78, 5) is 27.8. The quantitative estimate of drug-likeness (QED) is 0.277. The topological polar surface area (TPSA) is 73.1 Å². The second-order valence-corrected chi connectivity index (χ2v) is 5.86. The van der Waals surface area contributed by atoms with Crippen LogP contribution < -0.4 is 0 Å². The van der Waals surface area contributed by atoms with Gasteiger partial charge in [0.1, 0.15) is 11.5 Å². The third-order valence-electron chi connectivity index (χ3n) is 4.00. The van der Waals surface area contributed by atoms with Crippen molar-refractivity contribution in [3.63, 3.8) is 0 Å². The molecule has 0 spiro atoms. The predicted molar refractivity (Wildman–Crippen MR) is 101 cm³/mol. The summed E-state index contributed by atoms with van der Waals surface area (Å²) >= 11 is 0. The fraction of sp³-hybridized carbons (Fsp3) is 0.0476. The highest BCUT2D eigenvalue weighted by molar-refractivity contribution is 6.08. The van der Waals surface area contributed by atoms with E-state index in [0.29, 0.717) is 16.8 Å². The monoisotopic (exact) mass is 362 g/mol. The number of pyridine rings is 1. The molecule has 134 valence electrons. The van der Waals surface area contributed by atoms with E-state index >= 15 is 0 Å². The largest absolute Gasteiger partial charge is 0.296 e. The van der Waals surface area contributed by atoms with E-state index in [9.17, 15) is 19.3 Å². The summed E-state index contributed by atoms with van der Waals surface area (Å²) in [5.74, 6) is -0.780. The number of nitrogens with zero attached hydrogens (tertiary/aromatic N) is 2. The Bertz CT molecular complexity index is 1030. The average molecular weight is 362 g/mol. The second-order valence-electron chi connectivity index (χ2n) is 5.86. The predicted octanol–water partition coefficient (Wildman–Crippen LogP) is 5.00. The first kappa shape index (κ1) is 18.1. The van der Waals surface area contributed by atoms with Crippen LogP contribution in [0, 0.1) is 22.9 Å². The van der Waals surface area contributed by atoms with Crippen molar-refractivity contribution in [3.05, 3.63) is 99.5 Å². The van der Waals surface area contributed by atoms with Gasteiger partial charge in [-0.15, -0.1) is 0 Å². The van der Waals surface area contributed by atoms with Gasteiger partial charge < -0.3 is 0 Å². The first-order valence-corrected chi connectivity index (χ1v) is 8.15. The molecule has 0 aliphatic rings. The Morgan fingerprint density at radius 2 is 1.78 bits per heavy atom. The van der Waals surface area contributed by atoms with E-state index in [4.69, 9.17) is 0 Å². The molecule has 6 heteroatoms. The van der Waals surface area contributed by atoms with E-state index in [1.54, 1.807) is 37.3 Å². The number of rotatable bonds is 5. The Morgan fingerprint density at radius 3 is 2.41 bits per heavy atom. The van der Waals surface area contributed by atoms with Gasteiger partial charge in [0.2, 0.25) is 0 Å². The fourth-order valence-electron chi connectivity index (χ4n) is 2.63. The molecule has 5 nitrogen and oxygen atoms in total. The number of halogens is 1. The van der Waals surface area contributed by atoms with Crippen molar-refractivity contribution in [2.24, 2.45) is 0 Å². The Labute approximate surface area is 155 Å². The molecule has 3 rings (SSSR count). The standard InChI is InChI=1S/C21H15FN2O3/c1-14-18(20(25)12-9-15-7-10-17(22)11-8-15)13-19(24(26)27)21(23-14)16-5-3-2-4-6-16/h2-13H,1H3. The van der Waals surface area contributed by atoms with Crippen LogP contribution in [0.4, 0.5) is 10.1 Å². The summed E-state index contributed by atoms with van der Waals surface area (Å²) in [6.45, 7) is 1.63. The van der Waals surface area contributed by atoms with Gasteiger partial charge in [0.25, 0.3) is 5.69 Å². The molecule has 1 heterocycles. The van der Waals surface area contributed by atoms with E-state index in [2.05, 4.69) is 4.98 Å². The highest BCUT2D eigenvalue weighted by Gasteiger charge is 2.21. The van der Waals surface area contributed by atoms with Crippen molar-refractivity contribution in [2.75, 3.05) is 0 Å². The van der Waals surface area contributed by atoms with Gasteiger partial charge in [0.05, 0.1) is 10.5 Å². The molecule has 0 saturated carbocycles. The summed E-state index contributed by atoms with van der Waals surface area (Å²) in [6.07, 6.45) is 2.82. The zero-order chi connectivity index (χ0) is 19.4. The van der Waals surface area contributed by atoms with Crippen LogP contribution in [0.25, 0.3) is 17.3 Å². The van der Waals surface area contributed by atoms with E-state index in [-0.39, 0.29) is 22.8 Å². The van der Waals surface area contributed by atoms with Crippen LogP contribution >= 0.6 is 0 Å². The summed E-state index contributed by atoms with van der Waals surface area (Å²) < 4.78 is 12.9. The van der Waals surface area contributed by atoms with E-state index in [1.807, 2.05) is 0 Å². The highest BCUT2D eigenvalue weighted by atomic mass is 19.1. The third kappa shape index (κ3) is 4.12. The number of hydrogen-bond acceptors (Lipinski definition) is 4. The molecule has 0 unspecified atom stereocenters. The highest BCUT2D eigenvalue weighted by Crippen LogP contribution is 2.30. The Morgan fingerprint density at radius 1 is 1.11 bits per heavy atom. The fourth-order valence-corrected chi connectivity index (χ4v) is 2.63. The first-order valence-electron chi connectivity index (χ1n) is 8.15. The maximum atomic E-state index is 12.9. The number of carbonyl (C=O) groups is 1. The van der Waals surface area contributed by atoms with Gasteiger partial charge in [0, 0.05) is 17.3 Å². The molecule has 2 aromatic carbocycles. The van der Waals surface area contributed by atoms with Crippen LogP contribution in [0.2, 0.25) is 0 Å². The minimum absolute atomic E-state index is 0.153. The number of nitro groups is 1. The molecule has 3 aromatic rings. The van der Waals surface area contributed by atoms with Crippen LogP contribution in [-0.2, 0) is 0 Å². The number of carbonyl (C=O) groups excluding carboxylic acids is 1. The summed E-state index contributed by atoms with van der Waals surface area (Å²) in [5.41, 5.74) is 1.79. The van der Waals surface area contributed by atoms with Crippen molar-refractivity contribution in [3.8, 4) is 11.3 Å². The van der Waals surface area contributed by atoms with Gasteiger partial charge in [-0.2, -0.15) is 0 Å². The molecule has 0 aliphatic heterocycles. The molecule has 0 bridgehead atoms. The summed E-state index contributed by atoms with van der Waals surface area (Å²) in [7, 11) is 0. The molecule has 27 heavy (non-hydrogen) atoms. The molecule has 0 radical (unpaired) electrons. The smallest absolute Gasteiger partial charge is 0.289 e. The Balaban J connectivity index is 1.98. The van der Waals surface area contributed by atoms with Gasteiger partial charge >= 0.3 is 0 Å². The van der Waals surface area contributed by atoms with Crippen molar-refractivity contribution < 1.29 is 14.1 Å². The molecule has 0 atom stereocenters. The van der Waals surface area contributed by atoms with Gasteiger partial charge in [-0.25, -0.2) is 9.37 Å². The zero-order valence-corrected chi connectivity index (χ0v) is 14.4. The van der Waals surface area contributed by atoms with Gasteiger partial charge in [-0.3, -0.25) is 14.9 Å². The lowest BCUT2D eigenvalue weighted by atomic mass is 10.0. The third-order valence-corrected chi connectivity index (χ3v) is 4.00. The average Bonchev–Trinajstić information content (AvgIpc) is 2.67. The number of ketones is 1. The van der Waals surface area contributed by atoms with E-state index in [0.717, 1.165) is 0 Å². The lowest BCUT2D eigenvalue weighted by Gasteiger charge is -2.07. The maximum absolute atomic E-state index is 12.9. The Kier molecular flexibility index (Phi) is 5.17. The second kappa shape index (κ2) is 7.70. The number of benzene rings is 2. The van der Waals surface area contributed by atoms with Crippen molar-refractivity contribution in [1.29, 1.82) is 0 Å². The zero-order valence-electron chi connectivity index (χ0n) is 14.4. The molecule has 0 fully saturated rings. The SMILES string of the molecule is Cc1nc(-c2ccccc2)c([N+](=O)[O-])cc1C(=O)C=Cc1ccc(F)cc1. The summed E-state index contributed by atoms with van der Waals surface area (Å²) in [6, 6.07) is 15.7. The van der Waals surface area contributed by atoms with Crippen LogP contribution in [0.1, 0.15) is 21.6 Å². The van der Waals surface area contributed by atoms with Crippen LogP contribution in [0.5, 0.6) is 0 Å². The van der Waals surface area contributed by atoms with Gasteiger partial charge in [-0.05, 0) is 30.7 Å². The van der Waals surface area contributed by atoms with Crippen LogP contribution in [-0.4, -0.2) is 15.7 Å². The first-order chi connectivity index (χ1) is 13.0. The van der Waals surface area contributed by atoms with Crippen molar-refractivity contribution in [2.45, 2.75) is 6.92 Å². The number of hydrogen-bond donors (Lipinski definition) is 0. The lowest BCUT2D eigenvalue weighted by Crippen LogP contribution is -2.05. The molecule has 1 aromatic heterocycles. The molecule has 0 N–H and O–H groups in total. The van der Waals surface area contributed by atoms with Crippen LogP contribution in [0.15, 0.2) is 66.7 Å². The minimum atomic E-state index is -0.546. The number of allylic oxidation sites excluding steroid dienone is 1. The van der Waals surface area contributed by atoms with Crippen molar-refractivity contribution >= 4 is 17.5 Å². The van der Waals surface area contributed by atoms with Gasteiger partial charge in [0.15, 0.2) is 5.78 Å². The van der Waals surface area contributed by atoms with E-state index in [1.165, 1.54) is 42.5 Å². The molecule has 0 saturated heterocycles. The minimum Gasteiger partial charge on any atom is -0.289 e. The van der Waals surface area contributed by atoms with Crippen LogP contribution in [0.3, 0.4) is 0 Å². The maximum Gasteiger partial charge on any atom is 0.296 e. The molecule has 0 amide bonds. The van der Waals surface area contributed by atoms with Gasteiger partial charge in [-0.1, -0.05) is 48.5 Å². The number of aromatic nitrogens is 1.